The summed E-state index contributed by atoms with van der Waals surface area (Å²) in [5.41, 5.74) is 2.30. The van der Waals surface area contributed by atoms with Crippen molar-refractivity contribution in [2.24, 2.45) is 0 Å². The van der Waals surface area contributed by atoms with Crippen LogP contribution in [0.15, 0.2) is 36.5 Å². The van der Waals surface area contributed by atoms with E-state index in [0.717, 1.165) is 11.5 Å². The molecule has 4 rings (SSSR count). The fourth-order valence-electron chi connectivity index (χ4n) is 2.93. The molecule has 0 spiro atoms. The third kappa shape index (κ3) is 5.20. The van der Waals surface area contributed by atoms with Gasteiger partial charge in [-0.25, -0.2) is 15.1 Å². The molecule has 1 saturated heterocycles. The monoisotopic (exact) mass is 527 g/mol. The number of ether oxygens (including phenoxy) is 1. The molecule has 0 atom stereocenters. The van der Waals surface area contributed by atoms with Crippen molar-refractivity contribution in [1.29, 1.82) is 0 Å². The molecule has 3 aromatic rings. The zero-order valence-electron chi connectivity index (χ0n) is 17.0. The predicted octanol–water partition coefficient (Wildman–Crippen LogP) is 4.27. The zero-order valence-corrected chi connectivity index (χ0v) is 20.1. The lowest BCUT2D eigenvalue weighted by Gasteiger charge is -2.24. The van der Waals surface area contributed by atoms with Gasteiger partial charge in [0.2, 0.25) is 5.88 Å². The Hall–Kier alpha value is -2.50. The molecule has 1 aliphatic rings. The number of hydrogen-bond donors (Lipinski definition) is 2. The second kappa shape index (κ2) is 10.2. The van der Waals surface area contributed by atoms with Gasteiger partial charge >= 0.3 is 0 Å². The maximum absolute atomic E-state index is 13.3. The van der Waals surface area contributed by atoms with Gasteiger partial charge in [0.15, 0.2) is 5.82 Å². The molecule has 1 aliphatic heterocycles. The second-order valence-electron chi connectivity index (χ2n) is 6.77. The molecule has 2 amide bonds. The molecule has 1 fully saturated rings. The lowest BCUT2D eigenvalue weighted by Crippen LogP contribution is -2.31. The average Bonchev–Trinajstić information content (AvgIpc) is 3.17. The summed E-state index contributed by atoms with van der Waals surface area (Å²) in [6.07, 6.45) is 1.53. The Bertz CT molecular complexity index is 1220. The van der Waals surface area contributed by atoms with Crippen molar-refractivity contribution >= 4 is 64.1 Å². The summed E-state index contributed by atoms with van der Waals surface area (Å²) in [5.74, 6) is 0.866. The summed E-state index contributed by atoms with van der Waals surface area (Å²) in [6, 6.07) is 7.51. The summed E-state index contributed by atoms with van der Waals surface area (Å²) in [7, 11) is 1.28. The minimum absolute atomic E-state index is 0.00326. The largest absolute Gasteiger partial charge is 0.472 e. The number of halogens is 3. The Labute approximate surface area is 207 Å². The number of carbonyl (C=O) groups excluding carboxylic acids is 2. The number of aromatic nitrogens is 3. The van der Waals surface area contributed by atoms with Crippen molar-refractivity contribution in [2.45, 2.75) is 6.10 Å². The van der Waals surface area contributed by atoms with E-state index in [2.05, 4.69) is 25.7 Å². The van der Waals surface area contributed by atoms with Crippen LogP contribution >= 0.6 is 46.6 Å². The van der Waals surface area contributed by atoms with E-state index >= 15 is 0 Å². The average molecular weight is 529 g/mol. The number of hydroxylamine groups is 1. The highest BCUT2D eigenvalue weighted by Crippen LogP contribution is 2.32. The first-order valence-corrected chi connectivity index (χ1v) is 11.7. The minimum Gasteiger partial charge on any atom is -0.472 e. The first-order chi connectivity index (χ1) is 15.9. The normalized spacial score (nSPS) is 13.3. The first-order valence-electron chi connectivity index (χ1n) is 9.46. The van der Waals surface area contributed by atoms with E-state index in [-0.39, 0.29) is 49.8 Å². The van der Waals surface area contributed by atoms with Crippen LogP contribution < -0.4 is 15.5 Å². The summed E-state index contributed by atoms with van der Waals surface area (Å²) in [6.45, 7) is 0. The number of carbonyl (C=O) groups is 2. The Balaban J connectivity index is 1.73. The molecule has 2 aromatic heterocycles. The van der Waals surface area contributed by atoms with Crippen LogP contribution in [-0.2, 0) is 4.84 Å². The number of hydrogen-bond acceptors (Lipinski definition) is 7. The third-order valence-corrected chi connectivity index (χ3v) is 6.51. The maximum Gasteiger partial charge on any atom is 0.277 e. The van der Waals surface area contributed by atoms with Gasteiger partial charge in [0.1, 0.15) is 11.8 Å². The minimum atomic E-state index is -0.648. The smallest absolute Gasteiger partial charge is 0.277 e. The van der Waals surface area contributed by atoms with Crippen molar-refractivity contribution in [1.82, 2.24) is 20.2 Å². The molecule has 33 heavy (non-hydrogen) atoms. The molecule has 0 bridgehead atoms. The Kier molecular flexibility index (Phi) is 7.30. The van der Waals surface area contributed by atoms with Gasteiger partial charge in [-0.2, -0.15) is 11.8 Å². The molecule has 9 nitrogen and oxygen atoms in total. The van der Waals surface area contributed by atoms with Crippen LogP contribution in [0, 0.1) is 0 Å². The van der Waals surface area contributed by atoms with Crippen LogP contribution in [0.4, 0.5) is 5.69 Å². The van der Waals surface area contributed by atoms with E-state index < -0.39 is 11.8 Å². The molecule has 13 heteroatoms. The van der Waals surface area contributed by atoms with E-state index in [1.807, 2.05) is 0 Å². The molecule has 2 N–H and O–H groups in total. The summed E-state index contributed by atoms with van der Waals surface area (Å²) in [5, 5.41) is 7.57. The SMILES string of the molecule is CONC(=O)c1cc(Cl)cc(Cl)c1NC(=O)c1cc(OC2CSC2)nn1-c1ncccc1Cl. The Morgan fingerprint density at radius 2 is 1.94 bits per heavy atom. The van der Waals surface area contributed by atoms with Gasteiger partial charge in [-0.1, -0.05) is 34.8 Å². The Morgan fingerprint density at radius 3 is 2.61 bits per heavy atom. The fraction of sp³-hybridized carbons (Fsp3) is 0.200. The molecular weight excluding hydrogens is 513 g/mol. The van der Waals surface area contributed by atoms with E-state index in [9.17, 15) is 9.59 Å². The van der Waals surface area contributed by atoms with Gasteiger partial charge < -0.3 is 10.1 Å². The zero-order chi connectivity index (χ0) is 23.5. The van der Waals surface area contributed by atoms with Gasteiger partial charge in [0.05, 0.1) is 28.4 Å². The van der Waals surface area contributed by atoms with Gasteiger partial charge in [0, 0.05) is 28.8 Å². The van der Waals surface area contributed by atoms with Crippen molar-refractivity contribution in [3.63, 3.8) is 0 Å². The molecule has 3 heterocycles. The number of anilines is 1. The molecular formula is C20H16Cl3N5O4S. The summed E-state index contributed by atoms with van der Waals surface area (Å²) in [4.78, 5) is 34.6. The third-order valence-electron chi connectivity index (χ3n) is 4.49. The molecule has 0 unspecified atom stereocenters. The molecule has 1 aromatic carbocycles. The van der Waals surface area contributed by atoms with Crippen LogP contribution in [-0.4, -0.2) is 51.3 Å². The number of amides is 2. The van der Waals surface area contributed by atoms with Crippen LogP contribution in [0.3, 0.4) is 0 Å². The fourth-order valence-corrected chi connectivity index (χ4v) is 4.24. The van der Waals surface area contributed by atoms with Gasteiger partial charge in [-0.05, 0) is 24.3 Å². The van der Waals surface area contributed by atoms with Gasteiger partial charge in [-0.3, -0.25) is 14.4 Å². The van der Waals surface area contributed by atoms with Gasteiger partial charge in [-0.15, -0.1) is 5.10 Å². The second-order valence-corrected chi connectivity index (χ2v) is 9.09. The van der Waals surface area contributed by atoms with Crippen molar-refractivity contribution in [3.8, 4) is 11.7 Å². The van der Waals surface area contributed by atoms with Crippen LogP contribution in [0.2, 0.25) is 15.1 Å². The molecule has 172 valence electrons. The van der Waals surface area contributed by atoms with Crippen LogP contribution in [0.25, 0.3) is 5.82 Å². The lowest BCUT2D eigenvalue weighted by atomic mass is 10.1. The molecule has 0 radical (unpaired) electrons. The number of nitrogens with zero attached hydrogens (tertiary/aromatic N) is 3. The summed E-state index contributed by atoms with van der Waals surface area (Å²) < 4.78 is 7.11. The van der Waals surface area contributed by atoms with E-state index in [0.29, 0.717) is 0 Å². The predicted molar refractivity (Wildman–Crippen MR) is 127 cm³/mol. The number of thioether (sulfide) groups is 1. The van der Waals surface area contributed by atoms with Crippen molar-refractivity contribution in [2.75, 3.05) is 23.9 Å². The highest BCUT2D eigenvalue weighted by atomic mass is 35.5. The maximum atomic E-state index is 13.3. The van der Waals surface area contributed by atoms with Crippen LogP contribution in [0.1, 0.15) is 20.8 Å². The summed E-state index contributed by atoms with van der Waals surface area (Å²) >= 11 is 20.4. The highest BCUT2D eigenvalue weighted by Gasteiger charge is 2.26. The van der Waals surface area contributed by atoms with E-state index in [1.54, 1.807) is 23.9 Å². The van der Waals surface area contributed by atoms with E-state index in [1.165, 1.54) is 36.2 Å². The van der Waals surface area contributed by atoms with Crippen LogP contribution in [0.5, 0.6) is 5.88 Å². The highest BCUT2D eigenvalue weighted by molar-refractivity contribution is 8.00. The number of benzene rings is 1. The number of nitrogens with one attached hydrogen (secondary N) is 2. The van der Waals surface area contributed by atoms with Crippen molar-refractivity contribution in [3.05, 3.63) is 62.9 Å². The quantitative estimate of drug-likeness (QED) is 0.441. The van der Waals surface area contributed by atoms with E-state index in [4.69, 9.17) is 39.5 Å². The standard InChI is InChI=1S/C20H16Cl3N5O4S/c1-31-27-19(29)12-5-10(21)6-14(23)17(12)25-20(30)15-7-16(32-11-8-33-9-11)26-28(15)18-13(22)3-2-4-24-18/h2-7,11H,8-9H2,1H3,(H,25,30)(H,27,29). The lowest BCUT2D eigenvalue weighted by molar-refractivity contribution is 0.0538. The topological polar surface area (TPSA) is 107 Å². The van der Waals surface area contributed by atoms with Crippen molar-refractivity contribution < 1.29 is 19.2 Å². The molecule has 0 saturated carbocycles. The van der Waals surface area contributed by atoms with Gasteiger partial charge in [0.25, 0.3) is 11.8 Å². The number of rotatable bonds is 7. The number of pyridine rings is 1. The molecule has 0 aliphatic carbocycles. The first kappa shape index (κ1) is 23.7. The Morgan fingerprint density at radius 1 is 1.15 bits per heavy atom.